The number of hydrogen-bond donors (Lipinski definition) is 0. The van der Waals surface area contributed by atoms with Crippen LogP contribution in [-0.2, 0) is 6.61 Å². The molecule has 2 rings (SSSR count). The van der Waals surface area contributed by atoms with E-state index in [4.69, 9.17) is 4.74 Å². The Labute approximate surface area is 103 Å². The maximum atomic E-state index is 13.3. The Balaban J connectivity index is 2.08. The van der Waals surface area contributed by atoms with E-state index in [0.717, 1.165) is 24.0 Å². The highest BCUT2D eigenvalue weighted by molar-refractivity contribution is 5.74. The van der Waals surface area contributed by atoms with Crippen molar-refractivity contribution in [3.63, 3.8) is 0 Å². The summed E-state index contributed by atoms with van der Waals surface area (Å²) < 4.78 is 31.2. The summed E-state index contributed by atoms with van der Waals surface area (Å²) >= 11 is 0. The van der Waals surface area contributed by atoms with E-state index in [-0.39, 0.29) is 12.4 Å². The minimum absolute atomic E-state index is 0.0205. The fourth-order valence-electron chi connectivity index (χ4n) is 1.51. The molecule has 2 aromatic rings. The van der Waals surface area contributed by atoms with Crippen LogP contribution in [0.15, 0.2) is 42.5 Å². The second kappa shape index (κ2) is 5.40. The van der Waals surface area contributed by atoms with Gasteiger partial charge >= 0.3 is 0 Å². The van der Waals surface area contributed by atoms with Crippen LogP contribution in [0.25, 0.3) is 0 Å². The van der Waals surface area contributed by atoms with Crippen molar-refractivity contribution in [3.8, 4) is 5.75 Å². The lowest BCUT2D eigenvalue weighted by atomic mass is 10.1. The molecule has 0 heterocycles. The van der Waals surface area contributed by atoms with Gasteiger partial charge in [-0.25, -0.2) is 8.78 Å². The lowest BCUT2D eigenvalue weighted by molar-refractivity contribution is 0.112. The molecule has 92 valence electrons. The van der Waals surface area contributed by atoms with Crippen LogP contribution in [0.4, 0.5) is 8.78 Å². The molecule has 0 saturated heterocycles. The Morgan fingerprint density at radius 1 is 1.11 bits per heavy atom. The van der Waals surface area contributed by atoms with Gasteiger partial charge in [0.2, 0.25) is 0 Å². The third-order valence-corrected chi connectivity index (χ3v) is 2.38. The van der Waals surface area contributed by atoms with Crippen LogP contribution >= 0.6 is 0 Å². The zero-order valence-corrected chi connectivity index (χ0v) is 9.40. The van der Waals surface area contributed by atoms with Crippen molar-refractivity contribution in [2.45, 2.75) is 6.61 Å². The summed E-state index contributed by atoms with van der Waals surface area (Å²) in [5.74, 6) is -1.42. The second-order valence-corrected chi connectivity index (χ2v) is 3.73. The van der Waals surface area contributed by atoms with Gasteiger partial charge in [0, 0.05) is 11.6 Å². The monoisotopic (exact) mass is 248 g/mol. The maximum absolute atomic E-state index is 13.3. The molecule has 0 aliphatic heterocycles. The van der Waals surface area contributed by atoms with E-state index < -0.39 is 11.6 Å². The average Bonchev–Trinajstić information content (AvgIpc) is 2.38. The van der Waals surface area contributed by atoms with Crippen LogP contribution in [0.2, 0.25) is 0 Å². The maximum Gasteiger partial charge on any atom is 0.167 e. The lowest BCUT2D eigenvalue weighted by Crippen LogP contribution is -1.98. The van der Waals surface area contributed by atoms with Crippen LogP contribution in [0, 0.1) is 11.6 Å². The van der Waals surface area contributed by atoms with Gasteiger partial charge in [0.1, 0.15) is 18.7 Å². The number of aldehydes is 1. The van der Waals surface area contributed by atoms with Gasteiger partial charge in [0.15, 0.2) is 11.6 Å². The summed E-state index contributed by atoms with van der Waals surface area (Å²) in [4.78, 5) is 10.6. The van der Waals surface area contributed by atoms with Gasteiger partial charge in [0.05, 0.1) is 0 Å². The third-order valence-electron chi connectivity index (χ3n) is 2.38. The van der Waals surface area contributed by atoms with Crippen LogP contribution in [0.3, 0.4) is 0 Å². The summed E-state index contributed by atoms with van der Waals surface area (Å²) in [7, 11) is 0. The van der Waals surface area contributed by atoms with Crippen molar-refractivity contribution >= 4 is 6.29 Å². The predicted octanol–water partition coefficient (Wildman–Crippen LogP) is 3.36. The van der Waals surface area contributed by atoms with Gasteiger partial charge in [0.25, 0.3) is 0 Å². The Hall–Kier alpha value is -2.23. The summed E-state index contributed by atoms with van der Waals surface area (Å²) in [6.07, 6.45) is 0.724. The smallest absolute Gasteiger partial charge is 0.167 e. The SMILES string of the molecule is O=Cc1cccc(COc2ccc(F)cc2F)c1. The first-order valence-electron chi connectivity index (χ1n) is 5.31. The Morgan fingerprint density at radius 3 is 2.67 bits per heavy atom. The molecule has 0 saturated carbocycles. The Kier molecular flexibility index (Phi) is 3.67. The molecule has 0 aliphatic rings. The first-order valence-corrected chi connectivity index (χ1v) is 5.31. The van der Waals surface area contributed by atoms with Gasteiger partial charge < -0.3 is 4.74 Å². The fraction of sp³-hybridized carbons (Fsp3) is 0.0714. The summed E-state index contributed by atoms with van der Waals surface area (Å²) in [6.45, 7) is 0.115. The molecular weight excluding hydrogens is 238 g/mol. The molecule has 2 aromatic carbocycles. The number of rotatable bonds is 4. The van der Waals surface area contributed by atoms with Crippen LogP contribution < -0.4 is 4.74 Å². The zero-order valence-electron chi connectivity index (χ0n) is 9.40. The molecule has 18 heavy (non-hydrogen) atoms. The molecule has 0 bridgehead atoms. The summed E-state index contributed by atoms with van der Waals surface area (Å²) in [5, 5.41) is 0. The Morgan fingerprint density at radius 2 is 1.94 bits per heavy atom. The minimum atomic E-state index is -0.749. The van der Waals surface area contributed by atoms with E-state index in [2.05, 4.69) is 0 Å². The molecule has 0 spiro atoms. The predicted molar refractivity (Wildman–Crippen MR) is 62.5 cm³/mol. The highest BCUT2D eigenvalue weighted by Crippen LogP contribution is 2.19. The van der Waals surface area contributed by atoms with E-state index in [9.17, 15) is 13.6 Å². The quantitative estimate of drug-likeness (QED) is 0.775. The standard InChI is InChI=1S/C14H10F2O2/c15-12-4-5-14(13(16)7-12)18-9-11-3-1-2-10(6-11)8-17/h1-8H,9H2. The van der Waals surface area contributed by atoms with Gasteiger partial charge in [-0.15, -0.1) is 0 Å². The van der Waals surface area contributed by atoms with Crippen molar-refractivity contribution in [2.24, 2.45) is 0 Å². The summed E-state index contributed by atoms with van der Waals surface area (Å²) in [6, 6.07) is 9.90. The third kappa shape index (κ3) is 2.91. The van der Waals surface area contributed by atoms with E-state index in [1.807, 2.05) is 0 Å². The van der Waals surface area contributed by atoms with E-state index >= 15 is 0 Å². The van der Waals surface area contributed by atoms with Gasteiger partial charge in [-0.2, -0.15) is 0 Å². The molecule has 0 N–H and O–H groups in total. The number of benzene rings is 2. The van der Waals surface area contributed by atoms with Gasteiger partial charge in [-0.05, 0) is 23.8 Å². The van der Waals surface area contributed by atoms with Crippen molar-refractivity contribution in [1.29, 1.82) is 0 Å². The topological polar surface area (TPSA) is 26.3 Å². The van der Waals surface area contributed by atoms with Gasteiger partial charge in [-0.3, -0.25) is 4.79 Å². The molecule has 0 aliphatic carbocycles. The fourth-order valence-corrected chi connectivity index (χ4v) is 1.51. The molecule has 0 fully saturated rings. The number of halogens is 2. The first-order chi connectivity index (χ1) is 8.69. The normalized spacial score (nSPS) is 10.1. The zero-order chi connectivity index (χ0) is 13.0. The molecule has 2 nitrogen and oxygen atoms in total. The van der Waals surface area contributed by atoms with Crippen molar-refractivity contribution in [1.82, 2.24) is 0 Å². The molecule has 4 heteroatoms. The average molecular weight is 248 g/mol. The van der Waals surface area contributed by atoms with E-state index in [0.29, 0.717) is 5.56 Å². The largest absolute Gasteiger partial charge is 0.486 e. The molecular formula is C14H10F2O2. The molecule has 0 amide bonds. The molecule has 0 unspecified atom stereocenters. The minimum Gasteiger partial charge on any atom is -0.486 e. The van der Waals surface area contributed by atoms with Crippen molar-refractivity contribution in [3.05, 3.63) is 65.2 Å². The Bertz CT molecular complexity index is 567. The van der Waals surface area contributed by atoms with Gasteiger partial charge in [-0.1, -0.05) is 18.2 Å². The number of carbonyl (C=O) groups excluding carboxylic acids is 1. The molecule has 0 atom stereocenters. The number of ether oxygens (including phenoxy) is 1. The second-order valence-electron chi connectivity index (χ2n) is 3.73. The van der Waals surface area contributed by atoms with Crippen molar-refractivity contribution in [2.75, 3.05) is 0 Å². The molecule has 0 aromatic heterocycles. The van der Waals surface area contributed by atoms with Crippen LogP contribution in [0.5, 0.6) is 5.75 Å². The lowest BCUT2D eigenvalue weighted by Gasteiger charge is -2.07. The highest BCUT2D eigenvalue weighted by Gasteiger charge is 2.05. The first kappa shape index (κ1) is 12.2. The van der Waals surface area contributed by atoms with Crippen LogP contribution in [-0.4, -0.2) is 6.29 Å². The van der Waals surface area contributed by atoms with E-state index in [1.165, 1.54) is 6.07 Å². The van der Waals surface area contributed by atoms with Crippen molar-refractivity contribution < 1.29 is 18.3 Å². The number of hydrogen-bond acceptors (Lipinski definition) is 2. The molecule has 0 radical (unpaired) electrons. The van der Waals surface area contributed by atoms with Crippen LogP contribution in [0.1, 0.15) is 15.9 Å². The summed E-state index contributed by atoms with van der Waals surface area (Å²) in [5.41, 5.74) is 1.26. The van der Waals surface area contributed by atoms with E-state index in [1.54, 1.807) is 24.3 Å². The number of carbonyl (C=O) groups is 1. The highest BCUT2D eigenvalue weighted by atomic mass is 19.1.